The molecule has 0 saturated heterocycles. The number of nitrogens with zero attached hydrogens (tertiary/aromatic N) is 1. The number of hydrogen-bond acceptors (Lipinski definition) is 3. The Hall–Kier alpha value is -1.96. The second kappa shape index (κ2) is 6.59. The van der Waals surface area contributed by atoms with Gasteiger partial charge in [-0.1, -0.05) is 12.1 Å². The molecule has 0 aliphatic heterocycles. The maximum absolute atomic E-state index is 12.1. The number of hydrogen-bond donors (Lipinski definition) is 0. The van der Waals surface area contributed by atoms with Crippen molar-refractivity contribution in [1.82, 2.24) is 0 Å². The fraction of sp³-hybridized carbons (Fsp3) is 0.333. The molecule has 1 aromatic rings. The van der Waals surface area contributed by atoms with Gasteiger partial charge in [0.1, 0.15) is 5.75 Å². The molecule has 17 heavy (non-hydrogen) atoms. The molecule has 3 nitrogen and oxygen atoms in total. The highest BCUT2D eigenvalue weighted by Gasteiger charge is 2.14. The summed E-state index contributed by atoms with van der Waals surface area (Å²) in [5, 5.41) is 8.34. The summed E-state index contributed by atoms with van der Waals surface area (Å²) in [6.45, 7) is -2.96. The van der Waals surface area contributed by atoms with E-state index in [2.05, 4.69) is 4.74 Å². The minimum absolute atomic E-state index is 0.121. The van der Waals surface area contributed by atoms with Crippen molar-refractivity contribution in [2.45, 2.75) is 25.9 Å². The van der Waals surface area contributed by atoms with Crippen molar-refractivity contribution < 1.29 is 18.3 Å². The number of alkyl halides is 2. The molecule has 0 atom stereocenters. The van der Waals surface area contributed by atoms with Crippen LogP contribution in [0, 0.1) is 11.3 Å². The quantitative estimate of drug-likeness (QED) is 0.566. The van der Waals surface area contributed by atoms with E-state index in [-0.39, 0.29) is 29.9 Å². The molecule has 5 heteroatoms. The van der Waals surface area contributed by atoms with E-state index in [1.807, 2.05) is 6.07 Å². The summed E-state index contributed by atoms with van der Waals surface area (Å²) in [5.74, 6) is -0.416. The summed E-state index contributed by atoms with van der Waals surface area (Å²) in [7, 11) is 0. The second-order valence-corrected chi connectivity index (χ2v) is 3.31. The van der Waals surface area contributed by atoms with Gasteiger partial charge in [0.2, 0.25) is 0 Å². The van der Waals surface area contributed by atoms with Crippen LogP contribution in [0.3, 0.4) is 0 Å². The molecule has 0 heterocycles. The van der Waals surface area contributed by atoms with Gasteiger partial charge in [0.05, 0.1) is 11.6 Å². The van der Waals surface area contributed by atoms with Crippen LogP contribution >= 0.6 is 0 Å². The lowest BCUT2D eigenvalue weighted by atomic mass is 10.0. The fourth-order valence-electron chi connectivity index (χ4n) is 1.36. The van der Waals surface area contributed by atoms with Crippen LogP contribution in [-0.2, 0) is 0 Å². The van der Waals surface area contributed by atoms with Gasteiger partial charge in [0.15, 0.2) is 5.78 Å². The average molecular weight is 239 g/mol. The smallest absolute Gasteiger partial charge is 0.387 e. The number of Topliss-reactive ketones (excluding diaryl/α,β-unsaturated/α-hetero) is 1. The van der Waals surface area contributed by atoms with Crippen molar-refractivity contribution in [1.29, 1.82) is 5.26 Å². The maximum atomic E-state index is 12.1. The Labute approximate surface area is 97.6 Å². The van der Waals surface area contributed by atoms with E-state index in [0.29, 0.717) is 6.42 Å². The molecular weight excluding hydrogens is 228 g/mol. The number of ether oxygens (including phenoxy) is 1. The molecule has 0 unspecified atom stereocenters. The molecule has 0 amide bonds. The number of para-hydroxylation sites is 1. The molecule has 0 N–H and O–H groups in total. The number of ketones is 1. The molecule has 0 bridgehead atoms. The Morgan fingerprint density at radius 2 is 2.12 bits per heavy atom. The van der Waals surface area contributed by atoms with Crippen molar-refractivity contribution in [3.8, 4) is 11.8 Å². The SMILES string of the molecule is N#CCCCC(=O)c1ccccc1OC(F)F. The largest absolute Gasteiger partial charge is 0.434 e. The summed E-state index contributed by atoms with van der Waals surface area (Å²) < 4.78 is 28.4. The minimum Gasteiger partial charge on any atom is -0.434 e. The Morgan fingerprint density at radius 1 is 1.41 bits per heavy atom. The van der Waals surface area contributed by atoms with Crippen LogP contribution in [0.5, 0.6) is 5.75 Å². The summed E-state index contributed by atoms with van der Waals surface area (Å²) in [5.41, 5.74) is 0.130. The predicted octanol–water partition coefficient (Wildman–Crippen LogP) is 3.16. The third kappa shape index (κ3) is 4.19. The molecule has 0 aliphatic rings. The standard InChI is InChI=1S/C12H11F2NO2/c13-12(14)17-11-7-2-1-5-9(11)10(16)6-3-4-8-15/h1-2,5,7,12H,3-4,6H2. The lowest BCUT2D eigenvalue weighted by molar-refractivity contribution is -0.0501. The van der Waals surface area contributed by atoms with Crippen LogP contribution < -0.4 is 4.74 Å². The van der Waals surface area contributed by atoms with Gasteiger partial charge in [-0.25, -0.2) is 0 Å². The van der Waals surface area contributed by atoms with Gasteiger partial charge in [-0.05, 0) is 18.6 Å². The topological polar surface area (TPSA) is 50.1 Å². The van der Waals surface area contributed by atoms with Crippen molar-refractivity contribution in [3.63, 3.8) is 0 Å². The average Bonchev–Trinajstić information content (AvgIpc) is 2.29. The fourth-order valence-corrected chi connectivity index (χ4v) is 1.36. The molecule has 0 fully saturated rings. The summed E-state index contributed by atoms with van der Waals surface area (Å²) in [6.07, 6.45) is 0.832. The third-order valence-electron chi connectivity index (χ3n) is 2.10. The van der Waals surface area contributed by atoms with E-state index in [1.54, 1.807) is 6.07 Å². The lowest BCUT2D eigenvalue weighted by Crippen LogP contribution is -2.07. The molecule has 0 saturated carbocycles. The Bertz CT molecular complexity index is 427. The highest BCUT2D eigenvalue weighted by Crippen LogP contribution is 2.22. The zero-order valence-corrected chi connectivity index (χ0v) is 9.03. The summed E-state index contributed by atoms with van der Waals surface area (Å²) in [4.78, 5) is 11.7. The van der Waals surface area contributed by atoms with Gasteiger partial charge in [0.25, 0.3) is 0 Å². The molecule has 90 valence electrons. The second-order valence-electron chi connectivity index (χ2n) is 3.31. The zero-order chi connectivity index (χ0) is 12.7. The Balaban J connectivity index is 2.75. The van der Waals surface area contributed by atoms with Gasteiger partial charge in [0, 0.05) is 12.8 Å². The highest BCUT2D eigenvalue weighted by atomic mass is 19.3. The van der Waals surface area contributed by atoms with E-state index in [4.69, 9.17) is 5.26 Å². The van der Waals surface area contributed by atoms with Gasteiger partial charge in [-0.3, -0.25) is 4.79 Å². The molecule has 0 aromatic heterocycles. The van der Waals surface area contributed by atoms with Crippen molar-refractivity contribution in [3.05, 3.63) is 29.8 Å². The number of carbonyl (C=O) groups is 1. The molecule has 1 rings (SSSR count). The number of halogens is 2. The monoisotopic (exact) mass is 239 g/mol. The normalized spacial score (nSPS) is 10.0. The number of nitriles is 1. The van der Waals surface area contributed by atoms with Crippen LogP contribution in [0.4, 0.5) is 8.78 Å². The minimum atomic E-state index is -2.96. The summed E-state index contributed by atoms with van der Waals surface area (Å²) >= 11 is 0. The van der Waals surface area contributed by atoms with E-state index in [0.717, 1.165) is 0 Å². The number of carbonyl (C=O) groups excluding carboxylic acids is 1. The Morgan fingerprint density at radius 3 is 2.76 bits per heavy atom. The van der Waals surface area contributed by atoms with Crippen LogP contribution in [0.15, 0.2) is 24.3 Å². The van der Waals surface area contributed by atoms with Crippen LogP contribution in [-0.4, -0.2) is 12.4 Å². The lowest BCUT2D eigenvalue weighted by Gasteiger charge is -2.09. The van der Waals surface area contributed by atoms with E-state index in [1.165, 1.54) is 18.2 Å². The van der Waals surface area contributed by atoms with Crippen molar-refractivity contribution >= 4 is 5.78 Å². The molecule has 0 radical (unpaired) electrons. The maximum Gasteiger partial charge on any atom is 0.387 e. The first-order valence-electron chi connectivity index (χ1n) is 5.09. The van der Waals surface area contributed by atoms with Crippen LogP contribution in [0.2, 0.25) is 0 Å². The number of rotatable bonds is 6. The van der Waals surface area contributed by atoms with Gasteiger partial charge < -0.3 is 4.74 Å². The number of unbranched alkanes of at least 4 members (excludes halogenated alkanes) is 1. The summed E-state index contributed by atoms with van der Waals surface area (Å²) in [6, 6.07) is 7.77. The van der Waals surface area contributed by atoms with E-state index >= 15 is 0 Å². The van der Waals surface area contributed by atoms with Crippen molar-refractivity contribution in [2.24, 2.45) is 0 Å². The van der Waals surface area contributed by atoms with Crippen molar-refractivity contribution in [2.75, 3.05) is 0 Å². The molecular formula is C12H11F2NO2. The predicted molar refractivity (Wildman–Crippen MR) is 56.9 cm³/mol. The molecule has 1 aromatic carbocycles. The van der Waals surface area contributed by atoms with Gasteiger partial charge in [-0.15, -0.1) is 0 Å². The first-order valence-corrected chi connectivity index (χ1v) is 5.09. The highest BCUT2D eigenvalue weighted by molar-refractivity contribution is 5.98. The first kappa shape index (κ1) is 13.1. The zero-order valence-electron chi connectivity index (χ0n) is 9.03. The van der Waals surface area contributed by atoms with Crippen LogP contribution in [0.25, 0.3) is 0 Å². The first-order chi connectivity index (χ1) is 8.15. The van der Waals surface area contributed by atoms with Gasteiger partial charge >= 0.3 is 6.61 Å². The number of benzene rings is 1. The third-order valence-corrected chi connectivity index (χ3v) is 2.10. The van der Waals surface area contributed by atoms with E-state index in [9.17, 15) is 13.6 Å². The van der Waals surface area contributed by atoms with Crippen LogP contribution in [0.1, 0.15) is 29.6 Å². The molecule has 0 spiro atoms. The van der Waals surface area contributed by atoms with E-state index < -0.39 is 6.61 Å². The van der Waals surface area contributed by atoms with Gasteiger partial charge in [-0.2, -0.15) is 14.0 Å². The molecule has 0 aliphatic carbocycles. The Kier molecular flexibility index (Phi) is 5.08.